The van der Waals surface area contributed by atoms with Gasteiger partial charge in [0.15, 0.2) is 0 Å². The highest BCUT2D eigenvalue weighted by molar-refractivity contribution is 5.35. The Morgan fingerprint density at radius 3 is 2.39 bits per heavy atom. The van der Waals surface area contributed by atoms with Crippen molar-refractivity contribution in [3.8, 4) is 0 Å². The number of nitrogens with two attached hydrogens (primary N) is 1. The van der Waals surface area contributed by atoms with Gasteiger partial charge in [-0.15, -0.1) is 0 Å². The maximum absolute atomic E-state index is 13.0. The fourth-order valence-corrected chi connectivity index (χ4v) is 1.20. The minimum Gasteiger partial charge on any atom is -0.368 e. The van der Waals surface area contributed by atoms with Crippen LogP contribution in [0.25, 0.3) is 5.78 Å². The summed E-state index contributed by atoms with van der Waals surface area (Å²) in [7, 11) is 0. The van der Waals surface area contributed by atoms with E-state index in [1.807, 2.05) is 0 Å². The van der Waals surface area contributed by atoms with Crippen molar-refractivity contribution in [1.29, 1.82) is 0 Å². The first-order valence-corrected chi connectivity index (χ1v) is 4.33. The molecule has 0 fully saturated rings. The highest BCUT2D eigenvalue weighted by atomic mass is 19.4. The Balaban J connectivity index is 2.70. The molecule has 0 unspecified atom stereocenters. The third-order valence-corrected chi connectivity index (χ3v) is 2.03. The second kappa shape index (κ2) is 3.40. The van der Waals surface area contributed by atoms with Crippen LogP contribution in [-0.2, 0) is 5.92 Å². The Morgan fingerprint density at radius 2 is 1.83 bits per heavy atom. The largest absolute Gasteiger partial charge is 0.459 e. The number of aromatic nitrogens is 4. The van der Waals surface area contributed by atoms with E-state index in [1.54, 1.807) is 0 Å². The van der Waals surface area contributed by atoms with Gasteiger partial charge >= 0.3 is 12.1 Å². The Morgan fingerprint density at radius 1 is 1.22 bits per heavy atom. The second-order valence-corrected chi connectivity index (χ2v) is 3.30. The quantitative estimate of drug-likeness (QED) is 0.744. The predicted molar refractivity (Wildman–Crippen MR) is 48.0 cm³/mol. The zero-order valence-corrected chi connectivity index (χ0v) is 8.29. The molecule has 0 radical (unpaired) electrons. The summed E-state index contributed by atoms with van der Waals surface area (Å²) in [5.74, 6) is -6.25. The Kier molecular flexibility index (Phi) is 2.31. The zero-order valence-electron chi connectivity index (χ0n) is 8.29. The van der Waals surface area contributed by atoms with Crippen LogP contribution in [-0.4, -0.2) is 25.8 Å². The third kappa shape index (κ3) is 1.67. The van der Waals surface area contributed by atoms with Crippen molar-refractivity contribution in [3.05, 3.63) is 22.1 Å². The fraction of sp³-hybridized carbons (Fsp3) is 0.286. The number of nitrogens with zero attached hydrogens (tertiary/aromatic N) is 3. The van der Waals surface area contributed by atoms with Crippen LogP contribution < -0.4 is 11.3 Å². The molecule has 0 spiro atoms. The molecule has 0 aromatic carbocycles. The van der Waals surface area contributed by atoms with Crippen molar-refractivity contribution >= 4 is 11.7 Å². The first kappa shape index (κ1) is 12.3. The molecule has 0 aliphatic heterocycles. The topological polar surface area (TPSA) is 89.1 Å². The summed E-state index contributed by atoms with van der Waals surface area (Å²) in [4.78, 5) is 17.6. The summed E-state index contributed by atoms with van der Waals surface area (Å²) in [5.41, 5.74) is 2.22. The van der Waals surface area contributed by atoms with Crippen LogP contribution in [0.3, 0.4) is 0 Å². The molecule has 2 aromatic rings. The molecule has 0 aliphatic rings. The number of nitrogen functional groups attached to an aromatic ring is 1. The summed E-state index contributed by atoms with van der Waals surface area (Å²) in [5, 5.41) is 2.13. The molecule has 2 rings (SSSR count). The Bertz CT molecular complexity index is 656. The van der Waals surface area contributed by atoms with Gasteiger partial charge in [0.2, 0.25) is 5.95 Å². The van der Waals surface area contributed by atoms with E-state index in [1.165, 1.54) is 0 Å². The van der Waals surface area contributed by atoms with Gasteiger partial charge in [-0.1, -0.05) is 0 Å². The number of alkyl halides is 5. The van der Waals surface area contributed by atoms with Crippen molar-refractivity contribution in [2.75, 3.05) is 5.73 Å². The van der Waals surface area contributed by atoms with Gasteiger partial charge in [0.1, 0.15) is 5.69 Å². The first-order valence-electron chi connectivity index (χ1n) is 4.33. The number of fused-ring (bicyclic) bond motifs is 1. The van der Waals surface area contributed by atoms with E-state index < -0.39 is 29.1 Å². The SMILES string of the molecule is Nc1nc2nc(C(F)(F)C(F)(F)F)cc(=O)n2[nH]1. The average Bonchev–Trinajstić information content (AvgIpc) is 2.57. The number of anilines is 1. The van der Waals surface area contributed by atoms with Crippen LogP contribution >= 0.6 is 0 Å². The van der Waals surface area contributed by atoms with Gasteiger partial charge < -0.3 is 5.73 Å². The first-order chi connectivity index (χ1) is 8.13. The molecular formula is C7H4F5N5O. The number of halogens is 5. The van der Waals surface area contributed by atoms with Crippen LogP contribution in [0.5, 0.6) is 0 Å². The summed E-state index contributed by atoms with van der Waals surface area (Å²) in [6.07, 6.45) is -5.85. The molecule has 0 aliphatic carbocycles. The summed E-state index contributed by atoms with van der Waals surface area (Å²) < 4.78 is 62.8. The molecule has 18 heavy (non-hydrogen) atoms. The summed E-state index contributed by atoms with van der Waals surface area (Å²) >= 11 is 0. The number of nitrogens with one attached hydrogen (secondary N) is 1. The maximum atomic E-state index is 13.0. The van der Waals surface area contributed by atoms with Crippen LogP contribution in [0.1, 0.15) is 5.69 Å². The molecule has 0 saturated heterocycles. The maximum Gasteiger partial charge on any atom is 0.459 e. The highest BCUT2D eigenvalue weighted by Gasteiger charge is 2.60. The van der Waals surface area contributed by atoms with Crippen molar-refractivity contribution in [3.63, 3.8) is 0 Å². The van der Waals surface area contributed by atoms with Gasteiger partial charge in [-0.2, -0.15) is 31.5 Å². The van der Waals surface area contributed by atoms with Gasteiger partial charge in [-0.25, -0.2) is 4.98 Å². The lowest BCUT2D eigenvalue weighted by Crippen LogP contribution is -2.36. The van der Waals surface area contributed by atoms with Gasteiger partial charge in [-0.3, -0.25) is 9.89 Å². The zero-order chi connectivity index (χ0) is 13.7. The van der Waals surface area contributed by atoms with E-state index in [0.717, 1.165) is 0 Å². The van der Waals surface area contributed by atoms with E-state index in [0.29, 0.717) is 4.52 Å². The van der Waals surface area contributed by atoms with Crippen molar-refractivity contribution in [2.45, 2.75) is 12.1 Å². The lowest BCUT2D eigenvalue weighted by Gasteiger charge is -2.18. The van der Waals surface area contributed by atoms with E-state index >= 15 is 0 Å². The predicted octanol–water partition coefficient (Wildman–Crippen LogP) is 0.654. The lowest BCUT2D eigenvalue weighted by atomic mass is 10.2. The molecule has 2 heterocycles. The van der Waals surface area contributed by atoms with Crippen molar-refractivity contribution < 1.29 is 22.0 Å². The van der Waals surface area contributed by atoms with E-state index in [-0.39, 0.29) is 12.0 Å². The average molecular weight is 269 g/mol. The standard InChI is InChI=1S/C7H4F5N5O/c8-6(9,7(10,11)12)2-1-3(18)17-5(14-2)15-4(13)16-17/h1H,(H3,13,14,15,16). The minimum atomic E-state index is -5.85. The smallest absolute Gasteiger partial charge is 0.368 e. The molecule has 11 heteroatoms. The normalized spacial score (nSPS) is 13.2. The van der Waals surface area contributed by atoms with Gasteiger partial charge in [0, 0.05) is 6.07 Å². The lowest BCUT2D eigenvalue weighted by molar-refractivity contribution is -0.290. The van der Waals surface area contributed by atoms with Gasteiger partial charge in [0.05, 0.1) is 0 Å². The molecule has 6 nitrogen and oxygen atoms in total. The molecule has 0 saturated carbocycles. The molecule has 2 aromatic heterocycles. The molecule has 98 valence electrons. The Labute approximate surface area is 94.2 Å². The minimum absolute atomic E-state index is 0.0676. The third-order valence-electron chi connectivity index (χ3n) is 2.03. The van der Waals surface area contributed by atoms with Crippen LogP contribution in [0.2, 0.25) is 0 Å². The molecular weight excluding hydrogens is 265 g/mol. The van der Waals surface area contributed by atoms with E-state index in [2.05, 4.69) is 15.1 Å². The molecule has 0 bridgehead atoms. The number of hydrogen-bond donors (Lipinski definition) is 2. The fourth-order valence-electron chi connectivity index (χ4n) is 1.20. The van der Waals surface area contributed by atoms with Crippen LogP contribution in [0.4, 0.5) is 27.9 Å². The number of rotatable bonds is 1. The Hall–Kier alpha value is -2.20. The molecule has 0 atom stereocenters. The summed E-state index contributed by atoms with van der Waals surface area (Å²) in [6.45, 7) is 0. The van der Waals surface area contributed by atoms with Crippen LogP contribution in [0.15, 0.2) is 10.9 Å². The number of H-pyrrole nitrogens is 1. The van der Waals surface area contributed by atoms with Crippen molar-refractivity contribution in [2.24, 2.45) is 0 Å². The van der Waals surface area contributed by atoms with Crippen LogP contribution in [0, 0.1) is 0 Å². The summed E-state index contributed by atoms with van der Waals surface area (Å²) in [6, 6.07) is 0.0676. The number of aromatic amines is 1. The van der Waals surface area contributed by atoms with E-state index in [4.69, 9.17) is 5.73 Å². The monoisotopic (exact) mass is 269 g/mol. The molecule has 3 N–H and O–H groups in total. The van der Waals surface area contributed by atoms with Crippen molar-refractivity contribution in [1.82, 2.24) is 19.6 Å². The van der Waals surface area contributed by atoms with Gasteiger partial charge in [0.25, 0.3) is 11.3 Å². The van der Waals surface area contributed by atoms with Gasteiger partial charge in [-0.05, 0) is 0 Å². The highest BCUT2D eigenvalue weighted by Crippen LogP contribution is 2.42. The second-order valence-electron chi connectivity index (χ2n) is 3.30. The number of hydrogen-bond acceptors (Lipinski definition) is 4. The molecule has 0 amide bonds. The van der Waals surface area contributed by atoms with E-state index in [9.17, 15) is 26.7 Å².